The van der Waals surface area contributed by atoms with Crippen molar-refractivity contribution in [2.24, 2.45) is 40.6 Å². The highest BCUT2D eigenvalue weighted by molar-refractivity contribution is 6.42. The van der Waals surface area contributed by atoms with Crippen molar-refractivity contribution in [1.82, 2.24) is 14.9 Å². The van der Waals surface area contributed by atoms with E-state index in [0.717, 1.165) is 64.3 Å². The molecule has 3 aromatic carbocycles. The molecule has 4 aliphatic rings. The Balaban J connectivity index is 1.21. The zero-order valence-electron chi connectivity index (χ0n) is 33.7. The van der Waals surface area contributed by atoms with E-state index < -0.39 is 23.9 Å². The second-order valence-electron chi connectivity index (χ2n) is 17.0. The Hall–Kier alpha value is -4.49. The normalized spacial score (nSPS) is 22.1. The van der Waals surface area contributed by atoms with Gasteiger partial charge in [0.1, 0.15) is 25.3 Å². The molecule has 0 spiro atoms. The van der Waals surface area contributed by atoms with E-state index in [1.807, 2.05) is 41.3 Å². The number of nitrogens with zero attached hydrogens (tertiary/aromatic N) is 3. The second-order valence-corrected chi connectivity index (χ2v) is 17.8. The van der Waals surface area contributed by atoms with Gasteiger partial charge in [0.25, 0.3) is 0 Å². The standard InChI is InChI=1S/C45H54Cl2N6O6/c1-27(55)58-13-11-52(12-14-59-28(2)56)36-7-4-33(5-8-36)43-50-40-20-34(6-10-41(40)53(43)26-45-21-30-15-31(22-45)17-32(16-30)23-45)42(35(24-48)25-54)51-44(57)39(49)19-29-3-9-37(46)38(47)18-29/h3-10,18,20,25,30-32,35,39,42H,11-17,19,21-24,26,48-49H2,1-2H3,(H,51,57)/t30?,31?,32?,35?,39-,42?,45?/m0/s1. The molecule has 314 valence electrons. The topological polar surface area (TPSA) is 172 Å². The first-order valence-electron chi connectivity index (χ1n) is 20.6. The number of nitrogens with one attached hydrogen (secondary N) is 1. The maximum atomic E-state index is 13.6. The SMILES string of the molecule is CC(=O)OCCN(CCOC(C)=O)c1ccc(-c2nc3cc(C(NC(=O)[C@@H](N)Cc4ccc(Cl)c(Cl)c4)C(C=O)CN)ccc3n2CC23CC4CC(CC(C4)C2)C3)cc1. The number of nitrogens with two attached hydrogens (primary N) is 2. The van der Waals surface area contributed by atoms with Gasteiger partial charge < -0.3 is 40.5 Å². The van der Waals surface area contributed by atoms with E-state index in [1.165, 1.54) is 52.4 Å². The number of anilines is 1. The molecule has 0 saturated heterocycles. The molecule has 3 atom stereocenters. The van der Waals surface area contributed by atoms with Crippen LogP contribution in [0.1, 0.15) is 69.5 Å². The minimum Gasteiger partial charge on any atom is -0.464 e. The van der Waals surface area contributed by atoms with E-state index in [2.05, 4.69) is 16.0 Å². The third kappa shape index (κ3) is 9.94. The van der Waals surface area contributed by atoms with Crippen LogP contribution in [-0.2, 0) is 41.6 Å². The summed E-state index contributed by atoms with van der Waals surface area (Å²) in [6, 6.07) is 17.6. The first-order chi connectivity index (χ1) is 28.3. The summed E-state index contributed by atoms with van der Waals surface area (Å²) < 4.78 is 12.8. The summed E-state index contributed by atoms with van der Waals surface area (Å²) in [7, 11) is 0. The number of fused-ring (bicyclic) bond motifs is 1. The lowest BCUT2D eigenvalue weighted by Crippen LogP contribution is -2.48. The molecule has 0 radical (unpaired) electrons. The van der Waals surface area contributed by atoms with Gasteiger partial charge in [-0.05, 0) is 128 Å². The number of benzene rings is 3. The maximum Gasteiger partial charge on any atom is 0.302 e. The summed E-state index contributed by atoms with van der Waals surface area (Å²) >= 11 is 12.3. The van der Waals surface area contributed by atoms with E-state index in [-0.39, 0.29) is 43.5 Å². The van der Waals surface area contributed by atoms with Crippen LogP contribution in [0.3, 0.4) is 0 Å². The Morgan fingerprint density at radius 3 is 2.10 bits per heavy atom. The van der Waals surface area contributed by atoms with Gasteiger partial charge in [0.05, 0.1) is 52.2 Å². The molecule has 8 rings (SSSR count). The molecule has 5 N–H and O–H groups in total. The number of ether oxygens (including phenoxy) is 2. The molecule has 4 fully saturated rings. The largest absolute Gasteiger partial charge is 0.464 e. The number of aldehydes is 1. The smallest absolute Gasteiger partial charge is 0.302 e. The fraction of sp³-hybridized carbons (Fsp3) is 0.489. The number of imidazole rings is 1. The third-order valence-corrected chi connectivity index (χ3v) is 13.3. The molecule has 0 aliphatic heterocycles. The van der Waals surface area contributed by atoms with Crippen LogP contribution in [-0.4, -0.2) is 72.6 Å². The summed E-state index contributed by atoms with van der Waals surface area (Å²) in [5.74, 6) is 1.31. The van der Waals surface area contributed by atoms with Gasteiger partial charge in [-0.3, -0.25) is 14.4 Å². The average molecular weight is 846 g/mol. The molecule has 4 aliphatic carbocycles. The van der Waals surface area contributed by atoms with Crippen molar-refractivity contribution < 1.29 is 28.7 Å². The van der Waals surface area contributed by atoms with Crippen molar-refractivity contribution in [2.75, 3.05) is 37.7 Å². The highest BCUT2D eigenvalue weighted by Gasteiger charge is 2.51. The molecule has 1 heterocycles. The van der Waals surface area contributed by atoms with Gasteiger partial charge in [-0.25, -0.2) is 4.98 Å². The van der Waals surface area contributed by atoms with Crippen LogP contribution in [0.4, 0.5) is 5.69 Å². The lowest BCUT2D eigenvalue weighted by Gasteiger charge is -2.57. The molecule has 4 bridgehead atoms. The van der Waals surface area contributed by atoms with Gasteiger partial charge >= 0.3 is 11.9 Å². The van der Waals surface area contributed by atoms with Gasteiger partial charge in [-0.1, -0.05) is 35.3 Å². The summed E-state index contributed by atoms with van der Waals surface area (Å²) in [6.45, 7) is 4.87. The average Bonchev–Trinajstić information content (AvgIpc) is 3.54. The van der Waals surface area contributed by atoms with Crippen molar-refractivity contribution in [3.8, 4) is 11.4 Å². The lowest BCUT2D eigenvalue weighted by atomic mass is 9.49. The number of halogens is 2. The molecule has 12 nitrogen and oxygen atoms in total. The molecule has 1 aromatic heterocycles. The van der Waals surface area contributed by atoms with Crippen LogP contribution in [0.2, 0.25) is 10.0 Å². The summed E-state index contributed by atoms with van der Waals surface area (Å²) in [5.41, 5.74) is 17.7. The molecule has 14 heteroatoms. The first kappa shape index (κ1) is 42.6. The molecule has 4 aromatic rings. The minimum atomic E-state index is -0.920. The number of esters is 2. The zero-order chi connectivity index (χ0) is 41.8. The highest BCUT2D eigenvalue weighted by atomic mass is 35.5. The van der Waals surface area contributed by atoms with E-state index >= 15 is 0 Å². The Labute approximate surface area is 355 Å². The van der Waals surface area contributed by atoms with Crippen LogP contribution in [0.15, 0.2) is 60.7 Å². The number of rotatable bonds is 18. The monoisotopic (exact) mass is 844 g/mol. The number of carbonyl (C=O) groups is 4. The van der Waals surface area contributed by atoms with Crippen molar-refractivity contribution in [3.05, 3.63) is 81.8 Å². The van der Waals surface area contributed by atoms with E-state index in [9.17, 15) is 19.2 Å². The summed E-state index contributed by atoms with van der Waals surface area (Å²) in [5, 5.41) is 3.82. The maximum absolute atomic E-state index is 13.6. The fourth-order valence-electron chi connectivity index (χ4n) is 10.3. The molecule has 2 unspecified atom stereocenters. The van der Waals surface area contributed by atoms with Crippen molar-refractivity contribution >= 4 is 64.1 Å². The van der Waals surface area contributed by atoms with Crippen molar-refractivity contribution in [1.29, 1.82) is 0 Å². The zero-order valence-corrected chi connectivity index (χ0v) is 35.2. The summed E-state index contributed by atoms with van der Waals surface area (Å²) in [6.07, 6.45) is 8.70. The molecular formula is C45H54Cl2N6O6. The number of hydrogen-bond acceptors (Lipinski definition) is 10. The highest BCUT2D eigenvalue weighted by Crippen LogP contribution is 2.61. The van der Waals surface area contributed by atoms with Gasteiger partial charge in [-0.2, -0.15) is 0 Å². The Morgan fingerprint density at radius 1 is 0.915 bits per heavy atom. The van der Waals surface area contributed by atoms with Crippen LogP contribution >= 0.6 is 23.2 Å². The minimum absolute atomic E-state index is 0.0192. The molecular weight excluding hydrogens is 791 g/mol. The molecule has 1 amide bonds. The third-order valence-electron chi connectivity index (χ3n) is 12.6. The van der Waals surface area contributed by atoms with Gasteiger partial charge in [-0.15, -0.1) is 0 Å². The van der Waals surface area contributed by atoms with Crippen LogP contribution in [0, 0.1) is 29.1 Å². The van der Waals surface area contributed by atoms with Crippen LogP contribution in [0.5, 0.6) is 0 Å². The van der Waals surface area contributed by atoms with Crippen LogP contribution in [0.25, 0.3) is 22.4 Å². The van der Waals surface area contributed by atoms with Gasteiger partial charge in [0.2, 0.25) is 5.91 Å². The second kappa shape index (κ2) is 18.4. The van der Waals surface area contributed by atoms with E-state index in [4.69, 9.17) is 49.1 Å². The molecule has 59 heavy (non-hydrogen) atoms. The van der Waals surface area contributed by atoms with Crippen molar-refractivity contribution in [3.63, 3.8) is 0 Å². The number of aromatic nitrogens is 2. The number of carbonyl (C=O) groups excluding carboxylic acids is 4. The first-order valence-corrected chi connectivity index (χ1v) is 21.4. The van der Waals surface area contributed by atoms with E-state index in [0.29, 0.717) is 28.7 Å². The number of hydrogen-bond donors (Lipinski definition) is 3. The van der Waals surface area contributed by atoms with E-state index in [1.54, 1.807) is 18.2 Å². The number of amides is 1. The Morgan fingerprint density at radius 2 is 1.54 bits per heavy atom. The molecule has 4 saturated carbocycles. The predicted molar refractivity (Wildman–Crippen MR) is 229 cm³/mol. The Kier molecular flexibility index (Phi) is 13.3. The van der Waals surface area contributed by atoms with Crippen LogP contribution < -0.4 is 21.7 Å². The summed E-state index contributed by atoms with van der Waals surface area (Å²) in [4.78, 5) is 56.3. The predicted octanol–water partition coefficient (Wildman–Crippen LogP) is 6.66. The fourth-order valence-corrected chi connectivity index (χ4v) is 10.6. The quantitative estimate of drug-likeness (QED) is 0.0727. The lowest BCUT2D eigenvalue weighted by molar-refractivity contribution is -0.141. The van der Waals surface area contributed by atoms with Gasteiger partial charge in [0, 0.05) is 38.2 Å². The van der Waals surface area contributed by atoms with Gasteiger partial charge in [0.15, 0.2) is 0 Å². The van der Waals surface area contributed by atoms with Crippen molar-refractivity contribution in [2.45, 2.75) is 77.4 Å². The Bertz CT molecular complexity index is 2120.